The number of Topliss-reactive ketones (excluding diaryl/α,β-unsaturated/α-hetero) is 1. The van der Waals surface area contributed by atoms with Gasteiger partial charge in [-0.3, -0.25) is 19.3 Å². The van der Waals surface area contributed by atoms with Crippen molar-refractivity contribution in [2.24, 2.45) is 16.5 Å². The summed E-state index contributed by atoms with van der Waals surface area (Å²) in [5.74, 6) is -0.277. The third-order valence-corrected chi connectivity index (χ3v) is 15.7. The normalized spacial score (nSPS) is 17.9. The molecular weight excluding hydrogens is 955 g/mol. The Kier molecular flexibility index (Phi) is 16.6. The molecule has 0 aliphatic carbocycles. The maximum absolute atomic E-state index is 14.0. The fraction of sp³-hybridized carbons (Fsp3) is 0.460. The lowest BCUT2D eigenvalue weighted by Crippen LogP contribution is -2.63. The standard InChI is InChI=1S/C50H58BClN6O10S2/c1-30-54-44(56-70-30)41(55-68-50(5,6)49(2,3)4)38(59)25-37-46(61)57-42(48(62)67-51)33(29-69-47(37)57)26-58(22-9-10-23-58)24-21-53-45(60)36-19-20-39(65-27-31-11-15-34(63-7)16-12-31)43(40(36)52)66-28-32-13-17-35(64-8)18-14-32/h11-20,37,47H,9-10,21-29H2,1-8H3/p+1/b55-41-/t37-,47-/m1/s1. The summed E-state index contributed by atoms with van der Waals surface area (Å²) in [6.07, 6.45) is 1.68. The van der Waals surface area contributed by atoms with Crippen molar-refractivity contribution < 1.29 is 52.1 Å². The molecule has 0 saturated carbocycles. The van der Waals surface area contributed by atoms with Gasteiger partial charge < -0.3 is 38.2 Å². The van der Waals surface area contributed by atoms with E-state index in [2.05, 4.69) is 19.8 Å². The molecule has 7 rings (SSSR count). The highest BCUT2D eigenvalue weighted by Crippen LogP contribution is 2.46. The molecule has 20 heteroatoms. The summed E-state index contributed by atoms with van der Waals surface area (Å²) >= 11 is 9.61. The quantitative estimate of drug-likeness (QED) is 0.0284. The van der Waals surface area contributed by atoms with Gasteiger partial charge in [0.1, 0.15) is 47.6 Å². The summed E-state index contributed by atoms with van der Waals surface area (Å²) in [4.78, 5) is 67.2. The fourth-order valence-electron chi connectivity index (χ4n) is 8.28. The number of oxime groups is 1. The number of carbonyl (C=O) groups excluding carboxylic acids is 4. The van der Waals surface area contributed by atoms with Crippen molar-refractivity contribution in [1.29, 1.82) is 0 Å². The number of fused-ring (bicyclic) bond motifs is 1. The third kappa shape index (κ3) is 11.8. The molecule has 1 N–H and O–H groups in total. The summed E-state index contributed by atoms with van der Waals surface area (Å²) < 4.78 is 32.7. The number of aryl methyl sites for hydroxylation is 1. The van der Waals surface area contributed by atoms with Crippen LogP contribution in [0.4, 0.5) is 0 Å². The number of amides is 2. The first-order valence-electron chi connectivity index (χ1n) is 23.0. The van der Waals surface area contributed by atoms with E-state index in [-0.39, 0.29) is 65.2 Å². The third-order valence-electron chi connectivity index (χ3n) is 13.4. The van der Waals surface area contributed by atoms with Gasteiger partial charge in [-0.2, -0.15) is 4.37 Å². The largest absolute Gasteiger partial charge is 0.539 e. The number of thioether (sulfide) groups is 1. The fourth-order valence-corrected chi connectivity index (χ4v) is 10.5. The smallest absolute Gasteiger partial charge is 0.378 e. The van der Waals surface area contributed by atoms with E-state index in [1.54, 1.807) is 33.3 Å². The van der Waals surface area contributed by atoms with Gasteiger partial charge >= 0.3 is 14.0 Å². The van der Waals surface area contributed by atoms with E-state index < -0.39 is 40.5 Å². The SMILES string of the molecule is [B]OC(=O)C1=C(C[N+]2(CCNC(=O)c3ccc(OCc4ccc(OC)cc4)c(OCc4ccc(OC)cc4)c3Cl)CCCC2)CS[C@@H]2[C@H](CC(=O)/C(=N/OC(C)(C)C(C)(C)C)c3nsc(C)n3)C(=O)N12. The molecule has 0 bridgehead atoms. The minimum atomic E-state index is -0.831. The van der Waals surface area contributed by atoms with Crippen molar-refractivity contribution in [3.63, 3.8) is 0 Å². The predicted octanol–water partition coefficient (Wildman–Crippen LogP) is 7.63. The van der Waals surface area contributed by atoms with Crippen LogP contribution in [0, 0.1) is 18.3 Å². The van der Waals surface area contributed by atoms with Crippen molar-refractivity contribution >= 4 is 72.2 Å². The number of rotatable bonds is 21. The van der Waals surface area contributed by atoms with Crippen LogP contribution in [-0.2, 0) is 37.1 Å². The molecule has 370 valence electrons. The Hall–Kier alpha value is -5.63. The summed E-state index contributed by atoms with van der Waals surface area (Å²) in [6, 6.07) is 18.2. The summed E-state index contributed by atoms with van der Waals surface area (Å²) in [6.45, 7) is 14.7. The molecule has 16 nitrogen and oxygen atoms in total. The lowest BCUT2D eigenvalue weighted by atomic mass is 9.79. The van der Waals surface area contributed by atoms with Gasteiger partial charge in [-0.15, -0.1) is 11.8 Å². The number of methoxy groups -OCH3 is 2. The Morgan fingerprint density at radius 1 is 0.929 bits per heavy atom. The second-order valence-corrected chi connectivity index (χ2v) is 21.5. The molecule has 2 saturated heterocycles. The number of benzene rings is 3. The minimum absolute atomic E-state index is 0.0633. The summed E-state index contributed by atoms with van der Waals surface area (Å²) in [5.41, 5.74) is 1.62. The molecule has 2 fully saturated rings. The molecule has 2 amide bonds. The van der Waals surface area contributed by atoms with Crippen LogP contribution in [0.15, 0.2) is 77.1 Å². The van der Waals surface area contributed by atoms with E-state index in [4.69, 9.17) is 48.1 Å². The van der Waals surface area contributed by atoms with Crippen LogP contribution in [0.2, 0.25) is 5.02 Å². The number of nitrogens with zero attached hydrogens (tertiary/aromatic N) is 5. The lowest BCUT2D eigenvalue weighted by molar-refractivity contribution is -0.911. The highest BCUT2D eigenvalue weighted by molar-refractivity contribution is 8.00. The number of ketones is 1. The first kappa shape index (κ1) is 52.2. The number of aromatic nitrogens is 2. The predicted molar refractivity (Wildman–Crippen MR) is 268 cm³/mol. The van der Waals surface area contributed by atoms with Crippen LogP contribution >= 0.6 is 34.9 Å². The molecule has 2 atom stereocenters. The van der Waals surface area contributed by atoms with E-state index in [9.17, 15) is 19.2 Å². The highest BCUT2D eigenvalue weighted by atomic mass is 35.5. The van der Waals surface area contributed by atoms with Crippen LogP contribution in [-0.4, -0.2) is 120 Å². The maximum Gasteiger partial charge on any atom is 0.378 e. The number of quaternary nitrogens is 1. The Morgan fingerprint density at radius 2 is 1.56 bits per heavy atom. The second-order valence-electron chi connectivity index (χ2n) is 19.1. The van der Waals surface area contributed by atoms with Crippen molar-refractivity contribution in [2.45, 2.75) is 85.0 Å². The zero-order chi connectivity index (χ0) is 50.4. The highest BCUT2D eigenvalue weighted by Gasteiger charge is 2.55. The number of likely N-dealkylation sites (tertiary alicyclic amines) is 1. The second kappa shape index (κ2) is 22.2. The first-order valence-corrected chi connectivity index (χ1v) is 25.2. The zero-order valence-electron chi connectivity index (χ0n) is 40.8. The summed E-state index contributed by atoms with van der Waals surface area (Å²) in [7, 11) is 8.71. The summed E-state index contributed by atoms with van der Waals surface area (Å²) in [5, 5.41) is 7.58. The maximum atomic E-state index is 14.0. The minimum Gasteiger partial charge on any atom is -0.539 e. The zero-order valence-corrected chi connectivity index (χ0v) is 43.2. The van der Waals surface area contributed by atoms with Crippen LogP contribution in [0.1, 0.15) is 86.2 Å². The molecule has 1 aromatic heterocycles. The topological polar surface area (TPSA) is 177 Å². The lowest BCUT2D eigenvalue weighted by Gasteiger charge is -2.50. The van der Waals surface area contributed by atoms with Crippen molar-refractivity contribution in [3.05, 3.63) is 104 Å². The van der Waals surface area contributed by atoms with E-state index >= 15 is 0 Å². The number of ether oxygens (including phenoxy) is 4. The molecule has 3 aliphatic heterocycles. The van der Waals surface area contributed by atoms with Crippen molar-refractivity contribution in [2.75, 3.05) is 52.7 Å². The van der Waals surface area contributed by atoms with Crippen molar-refractivity contribution in [1.82, 2.24) is 19.6 Å². The number of nitrogens with one attached hydrogen (secondary N) is 1. The average Bonchev–Trinajstić information content (AvgIpc) is 4.00. The first-order chi connectivity index (χ1) is 33.4. The van der Waals surface area contributed by atoms with E-state index in [1.807, 2.05) is 83.1 Å². The van der Waals surface area contributed by atoms with Gasteiger partial charge in [-0.1, -0.05) is 61.8 Å². The molecule has 3 aliphatic rings. The number of hydrogen-bond acceptors (Lipinski definition) is 15. The van der Waals surface area contributed by atoms with Crippen LogP contribution < -0.4 is 24.3 Å². The van der Waals surface area contributed by atoms with Gasteiger partial charge in [-0.05, 0) is 79.8 Å². The number of hydrogen-bond donors (Lipinski definition) is 1. The van der Waals surface area contributed by atoms with Gasteiger partial charge in [0.05, 0.1) is 62.3 Å². The molecule has 0 spiro atoms. The van der Waals surface area contributed by atoms with Gasteiger partial charge in [0, 0.05) is 36.0 Å². The monoisotopic (exact) mass is 1010 g/mol. The Balaban J connectivity index is 1.04. The van der Waals surface area contributed by atoms with Crippen LogP contribution in [0.5, 0.6) is 23.0 Å². The van der Waals surface area contributed by atoms with E-state index in [1.165, 1.54) is 16.7 Å². The molecule has 4 aromatic rings. The average molecular weight is 1010 g/mol. The molecule has 0 unspecified atom stereocenters. The molecule has 70 heavy (non-hydrogen) atoms. The van der Waals surface area contributed by atoms with E-state index in [0.29, 0.717) is 45.4 Å². The number of halogens is 1. The van der Waals surface area contributed by atoms with E-state index in [0.717, 1.165) is 54.3 Å². The molecule has 2 radical (unpaired) electrons. The Bertz CT molecular complexity index is 2630. The van der Waals surface area contributed by atoms with Crippen molar-refractivity contribution in [3.8, 4) is 23.0 Å². The van der Waals surface area contributed by atoms with Crippen LogP contribution in [0.3, 0.4) is 0 Å². The Morgan fingerprint density at radius 3 is 2.13 bits per heavy atom. The Labute approximate surface area is 423 Å². The van der Waals surface area contributed by atoms with Gasteiger partial charge in [0.2, 0.25) is 5.91 Å². The van der Waals surface area contributed by atoms with Gasteiger partial charge in [0.25, 0.3) is 5.91 Å². The molecule has 4 heterocycles. The van der Waals surface area contributed by atoms with Crippen LogP contribution in [0.25, 0.3) is 0 Å². The number of β-lactam (4-membered cyclic amide) rings is 1. The van der Waals surface area contributed by atoms with Gasteiger partial charge in [-0.25, -0.2) is 9.78 Å². The number of carbonyl (C=O) groups is 4. The molecule has 3 aromatic carbocycles. The molecular formula is C50H59BClN6O10S2+. The van der Waals surface area contributed by atoms with Gasteiger partial charge in [0.15, 0.2) is 28.8 Å².